The van der Waals surface area contributed by atoms with Gasteiger partial charge < -0.3 is 11.1 Å². The number of hydrogen-bond donors (Lipinski definition) is 2. The summed E-state index contributed by atoms with van der Waals surface area (Å²) >= 11 is 0. The quantitative estimate of drug-likeness (QED) is 0.899. The van der Waals surface area contributed by atoms with Crippen LogP contribution in [-0.4, -0.2) is 13.1 Å². The molecule has 0 saturated carbocycles. The third-order valence-electron chi connectivity index (χ3n) is 3.18. The number of carbonyl (C=O) groups is 1. The van der Waals surface area contributed by atoms with Gasteiger partial charge in [-0.2, -0.15) is 0 Å². The standard InChI is InChI=1S/C16H19N3O/c1-12-7-9-14(10-8-12)18-16(20)19(2)15-6-4-3-5-13(15)11-17/h3-10H,11,17H2,1-2H3,(H,18,20). The highest BCUT2D eigenvalue weighted by Crippen LogP contribution is 2.19. The molecule has 2 rings (SSSR count). The number of hydrogen-bond acceptors (Lipinski definition) is 2. The second-order valence-electron chi connectivity index (χ2n) is 4.69. The van der Waals surface area contributed by atoms with Crippen LogP contribution in [0.15, 0.2) is 48.5 Å². The summed E-state index contributed by atoms with van der Waals surface area (Å²) in [4.78, 5) is 13.8. The van der Waals surface area contributed by atoms with Gasteiger partial charge in [0, 0.05) is 25.0 Å². The number of nitrogens with two attached hydrogens (primary N) is 1. The summed E-state index contributed by atoms with van der Waals surface area (Å²) in [5, 5.41) is 2.86. The SMILES string of the molecule is Cc1ccc(NC(=O)N(C)c2ccccc2CN)cc1. The predicted octanol–water partition coefficient (Wildman–Crippen LogP) is 3.12. The van der Waals surface area contributed by atoms with Crippen molar-refractivity contribution in [2.45, 2.75) is 13.5 Å². The fourth-order valence-electron chi connectivity index (χ4n) is 1.96. The van der Waals surface area contributed by atoms with Gasteiger partial charge in [-0.15, -0.1) is 0 Å². The molecule has 0 fully saturated rings. The van der Waals surface area contributed by atoms with E-state index in [2.05, 4.69) is 5.32 Å². The molecule has 3 N–H and O–H groups in total. The lowest BCUT2D eigenvalue weighted by atomic mass is 10.1. The monoisotopic (exact) mass is 269 g/mol. The van der Waals surface area contributed by atoms with Crippen molar-refractivity contribution in [1.82, 2.24) is 0 Å². The highest BCUT2D eigenvalue weighted by Gasteiger charge is 2.13. The minimum atomic E-state index is -0.185. The lowest BCUT2D eigenvalue weighted by Crippen LogP contribution is -2.32. The van der Waals surface area contributed by atoms with Crippen LogP contribution in [0, 0.1) is 6.92 Å². The number of aryl methyl sites for hydroxylation is 1. The van der Waals surface area contributed by atoms with Crippen molar-refractivity contribution in [3.05, 3.63) is 59.7 Å². The van der Waals surface area contributed by atoms with E-state index in [4.69, 9.17) is 5.73 Å². The molecule has 20 heavy (non-hydrogen) atoms. The number of benzene rings is 2. The van der Waals surface area contributed by atoms with Crippen LogP contribution in [0.4, 0.5) is 16.2 Å². The average Bonchev–Trinajstić information content (AvgIpc) is 2.48. The van der Waals surface area contributed by atoms with Gasteiger partial charge in [0.1, 0.15) is 0 Å². The molecule has 4 nitrogen and oxygen atoms in total. The first-order valence-corrected chi connectivity index (χ1v) is 6.51. The molecule has 0 radical (unpaired) electrons. The Balaban J connectivity index is 2.14. The minimum absolute atomic E-state index is 0.185. The van der Waals surface area contributed by atoms with E-state index in [1.54, 1.807) is 11.9 Å². The van der Waals surface area contributed by atoms with E-state index < -0.39 is 0 Å². The Morgan fingerprint density at radius 3 is 2.45 bits per heavy atom. The Kier molecular flexibility index (Phi) is 4.38. The third kappa shape index (κ3) is 3.16. The Morgan fingerprint density at radius 1 is 1.15 bits per heavy atom. The van der Waals surface area contributed by atoms with E-state index in [9.17, 15) is 4.79 Å². The van der Waals surface area contributed by atoms with E-state index in [-0.39, 0.29) is 6.03 Å². The van der Waals surface area contributed by atoms with Crippen molar-refractivity contribution in [3.8, 4) is 0 Å². The normalized spacial score (nSPS) is 10.2. The van der Waals surface area contributed by atoms with Crippen molar-refractivity contribution < 1.29 is 4.79 Å². The topological polar surface area (TPSA) is 58.4 Å². The Labute approximate surface area is 119 Å². The van der Waals surface area contributed by atoms with E-state index >= 15 is 0 Å². The molecular weight excluding hydrogens is 250 g/mol. The van der Waals surface area contributed by atoms with Crippen LogP contribution in [0.2, 0.25) is 0 Å². The lowest BCUT2D eigenvalue weighted by Gasteiger charge is -2.20. The summed E-state index contributed by atoms with van der Waals surface area (Å²) in [6, 6.07) is 15.1. The number of amides is 2. The molecule has 2 amide bonds. The molecular formula is C16H19N3O. The second-order valence-corrected chi connectivity index (χ2v) is 4.69. The minimum Gasteiger partial charge on any atom is -0.326 e. The molecule has 4 heteroatoms. The van der Waals surface area contributed by atoms with Gasteiger partial charge in [-0.3, -0.25) is 4.90 Å². The summed E-state index contributed by atoms with van der Waals surface area (Å²) < 4.78 is 0. The molecule has 0 unspecified atom stereocenters. The zero-order valence-electron chi connectivity index (χ0n) is 11.8. The van der Waals surface area contributed by atoms with Gasteiger partial charge in [-0.1, -0.05) is 35.9 Å². The Morgan fingerprint density at radius 2 is 1.80 bits per heavy atom. The molecule has 0 bridgehead atoms. The van der Waals surface area contributed by atoms with Gasteiger partial charge in [0.05, 0.1) is 0 Å². The van der Waals surface area contributed by atoms with E-state index in [0.717, 1.165) is 22.5 Å². The Hall–Kier alpha value is -2.33. The van der Waals surface area contributed by atoms with Crippen LogP contribution in [0.3, 0.4) is 0 Å². The molecule has 0 atom stereocenters. The number of anilines is 2. The van der Waals surface area contributed by atoms with E-state index in [0.29, 0.717) is 6.54 Å². The maximum atomic E-state index is 12.2. The molecule has 0 spiro atoms. The fraction of sp³-hybridized carbons (Fsp3) is 0.188. The highest BCUT2D eigenvalue weighted by molar-refractivity contribution is 6.01. The maximum absolute atomic E-state index is 12.2. The molecule has 0 heterocycles. The summed E-state index contributed by atoms with van der Waals surface area (Å²) in [6.45, 7) is 2.41. The molecule has 0 aliphatic rings. The zero-order chi connectivity index (χ0) is 14.5. The smallest absolute Gasteiger partial charge is 0.326 e. The molecule has 0 saturated heterocycles. The molecule has 104 valence electrons. The van der Waals surface area contributed by atoms with Gasteiger partial charge in [0.15, 0.2) is 0 Å². The molecule has 2 aromatic carbocycles. The predicted molar refractivity (Wildman–Crippen MR) is 82.9 cm³/mol. The van der Waals surface area contributed by atoms with Gasteiger partial charge >= 0.3 is 6.03 Å². The molecule has 0 aromatic heterocycles. The summed E-state index contributed by atoms with van der Waals surface area (Å²) in [5.41, 5.74) is 9.39. The number of rotatable bonds is 3. The summed E-state index contributed by atoms with van der Waals surface area (Å²) in [6.07, 6.45) is 0. The van der Waals surface area contributed by atoms with Crippen molar-refractivity contribution in [2.24, 2.45) is 5.73 Å². The summed E-state index contributed by atoms with van der Waals surface area (Å²) in [5.74, 6) is 0. The van der Waals surface area contributed by atoms with Crippen molar-refractivity contribution in [2.75, 3.05) is 17.3 Å². The van der Waals surface area contributed by atoms with Crippen LogP contribution in [-0.2, 0) is 6.54 Å². The first kappa shape index (κ1) is 14.1. The number of para-hydroxylation sites is 1. The molecule has 0 aliphatic heterocycles. The maximum Gasteiger partial charge on any atom is 0.326 e. The van der Waals surface area contributed by atoms with E-state index in [1.807, 2.05) is 55.5 Å². The average molecular weight is 269 g/mol. The van der Waals surface area contributed by atoms with Crippen LogP contribution in [0.1, 0.15) is 11.1 Å². The number of nitrogens with one attached hydrogen (secondary N) is 1. The largest absolute Gasteiger partial charge is 0.326 e. The fourth-order valence-corrected chi connectivity index (χ4v) is 1.96. The van der Waals surface area contributed by atoms with Gasteiger partial charge in [0.25, 0.3) is 0 Å². The van der Waals surface area contributed by atoms with Gasteiger partial charge in [-0.25, -0.2) is 4.79 Å². The highest BCUT2D eigenvalue weighted by atomic mass is 16.2. The van der Waals surface area contributed by atoms with Crippen LogP contribution < -0.4 is 16.0 Å². The van der Waals surface area contributed by atoms with E-state index in [1.165, 1.54) is 0 Å². The second kappa shape index (κ2) is 6.21. The third-order valence-corrected chi connectivity index (χ3v) is 3.18. The van der Waals surface area contributed by atoms with Crippen molar-refractivity contribution in [3.63, 3.8) is 0 Å². The van der Waals surface area contributed by atoms with Crippen molar-refractivity contribution in [1.29, 1.82) is 0 Å². The first-order chi connectivity index (χ1) is 9.61. The van der Waals surface area contributed by atoms with Crippen LogP contribution in [0.5, 0.6) is 0 Å². The number of nitrogens with zero attached hydrogens (tertiary/aromatic N) is 1. The Bertz CT molecular complexity index is 593. The number of urea groups is 1. The zero-order valence-corrected chi connectivity index (χ0v) is 11.8. The number of carbonyl (C=O) groups excluding carboxylic acids is 1. The van der Waals surface area contributed by atoms with Crippen molar-refractivity contribution >= 4 is 17.4 Å². The molecule has 0 aliphatic carbocycles. The summed E-state index contributed by atoms with van der Waals surface area (Å²) in [7, 11) is 1.73. The first-order valence-electron chi connectivity index (χ1n) is 6.51. The molecule has 2 aromatic rings. The lowest BCUT2D eigenvalue weighted by molar-refractivity contribution is 0.258. The van der Waals surface area contributed by atoms with Crippen LogP contribution in [0.25, 0.3) is 0 Å². The van der Waals surface area contributed by atoms with Gasteiger partial charge in [-0.05, 0) is 30.7 Å². The van der Waals surface area contributed by atoms with Crippen LogP contribution >= 0.6 is 0 Å². The van der Waals surface area contributed by atoms with Gasteiger partial charge in [0.2, 0.25) is 0 Å².